The monoisotopic (exact) mass is 387 g/mol. The second-order valence-corrected chi connectivity index (χ2v) is 9.02. The molecular weight excluding hydrogens is 362 g/mol. The molecule has 2 N–H and O–H groups in total. The summed E-state index contributed by atoms with van der Waals surface area (Å²) in [6.45, 7) is 0.593. The van der Waals surface area contributed by atoms with Crippen molar-refractivity contribution in [2.75, 3.05) is 14.1 Å². The van der Waals surface area contributed by atoms with Gasteiger partial charge in [-0.1, -0.05) is 42.5 Å². The molecule has 0 aromatic heterocycles. The fourth-order valence-corrected chi connectivity index (χ4v) is 4.11. The van der Waals surface area contributed by atoms with Crippen LogP contribution < -0.4 is 10.6 Å². The molecule has 0 heterocycles. The molecule has 0 saturated heterocycles. The van der Waals surface area contributed by atoms with Crippen LogP contribution in [0.3, 0.4) is 0 Å². The lowest BCUT2D eigenvalue weighted by molar-refractivity contribution is 0.240. The summed E-state index contributed by atoms with van der Waals surface area (Å²) in [7, 11) is -0.578. The molecule has 0 unspecified atom stereocenters. The number of amides is 2. The van der Waals surface area contributed by atoms with Gasteiger partial charge in [-0.2, -0.15) is 0 Å². The lowest BCUT2D eigenvalue weighted by atomic mass is 10.0. The predicted octanol–water partition coefficient (Wildman–Crippen LogP) is 2.81. The van der Waals surface area contributed by atoms with Gasteiger partial charge in [0.1, 0.15) is 0 Å². The summed E-state index contributed by atoms with van der Waals surface area (Å²) in [4.78, 5) is 12.4. The Balaban J connectivity index is 1.61. The predicted molar refractivity (Wildman–Crippen MR) is 105 cm³/mol. The molecule has 2 aromatic carbocycles. The van der Waals surface area contributed by atoms with E-state index in [1.54, 1.807) is 24.3 Å². The van der Waals surface area contributed by atoms with E-state index in [-0.39, 0.29) is 17.5 Å². The Morgan fingerprint density at radius 3 is 2.15 bits per heavy atom. The van der Waals surface area contributed by atoms with E-state index in [0.717, 1.165) is 5.56 Å². The van der Waals surface area contributed by atoms with Crippen molar-refractivity contribution in [1.82, 2.24) is 14.9 Å². The van der Waals surface area contributed by atoms with E-state index < -0.39 is 10.0 Å². The number of rotatable bonds is 7. The van der Waals surface area contributed by atoms with Gasteiger partial charge >= 0.3 is 6.03 Å². The lowest BCUT2D eigenvalue weighted by Gasteiger charge is -2.16. The molecule has 1 aliphatic rings. The van der Waals surface area contributed by atoms with Gasteiger partial charge in [-0.15, -0.1) is 0 Å². The number of nitrogens with zero attached hydrogens (tertiary/aromatic N) is 1. The fraction of sp³-hybridized carbons (Fsp3) is 0.350. The van der Waals surface area contributed by atoms with Gasteiger partial charge in [0, 0.05) is 27.2 Å². The molecule has 1 fully saturated rings. The Bertz CT molecular complexity index is 922. The van der Waals surface area contributed by atoms with Crippen LogP contribution >= 0.6 is 0 Å². The van der Waals surface area contributed by atoms with Gasteiger partial charge in [0.2, 0.25) is 10.0 Å². The molecule has 1 aliphatic carbocycles. The molecule has 2 aromatic rings. The number of carbonyl (C=O) groups is 1. The molecule has 27 heavy (non-hydrogen) atoms. The Labute approximate surface area is 160 Å². The quantitative estimate of drug-likeness (QED) is 0.767. The lowest BCUT2D eigenvalue weighted by Crippen LogP contribution is -2.35. The zero-order chi connectivity index (χ0) is 19.4. The maximum atomic E-state index is 12.4. The van der Waals surface area contributed by atoms with Gasteiger partial charge < -0.3 is 10.6 Å². The number of sulfonamides is 1. The molecular formula is C20H25N3O3S. The second kappa shape index (κ2) is 8.10. The van der Waals surface area contributed by atoms with Crippen molar-refractivity contribution in [1.29, 1.82) is 0 Å². The Morgan fingerprint density at radius 1 is 0.963 bits per heavy atom. The first-order chi connectivity index (χ1) is 12.9. The van der Waals surface area contributed by atoms with Gasteiger partial charge in [0.15, 0.2) is 0 Å². The van der Waals surface area contributed by atoms with Gasteiger partial charge in [-0.25, -0.2) is 17.5 Å². The summed E-state index contributed by atoms with van der Waals surface area (Å²) in [5.74, 6) is 0.620. The molecule has 7 heteroatoms. The number of hydrogen-bond acceptors (Lipinski definition) is 3. The van der Waals surface area contributed by atoms with E-state index in [0.29, 0.717) is 18.0 Å². The average Bonchev–Trinajstić information content (AvgIpc) is 3.50. The molecule has 0 bridgehead atoms. The van der Waals surface area contributed by atoms with Crippen LogP contribution in [0.4, 0.5) is 4.79 Å². The summed E-state index contributed by atoms with van der Waals surface area (Å²) >= 11 is 0. The number of carbonyl (C=O) groups excluding carboxylic acids is 1. The maximum Gasteiger partial charge on any atom is 0.315 e. The van der Waals surface area contributed by atoms with E-state index in [9.17, 15) is 13.2 Å². The number of nitrogens with one attached hydrogen (secondary N) is 2. The van der Waals surface area contributed by atoms with Crippen LogP contribution in [-0.4, -0.2) is 32.8 Å². The van der Waals surface area contributed by atoms with E-state index in [1.807, 2.05) is 18.2 Å². The van der Waals surface area contributed by atoms with E-state index in [4.69, 9.17) is 0 Å². The van der Waals surface area contributed by atoms with E-state index >= 15 is 0 Å². The molecule has 1 saturated carbocycles. The van der Waals surface area contributed by atoms with Crippen LogP contribution in [0.15, 0.2) is 53.4 Å². The van der Waals surface area contributed by atoms with Crippen molar-refractivity contribution in [3.8, 4) is 0 Å². The molecule has 3 rings (SSSR count). The van der Waals surface area contributed by atoms with Crippen molar-refractivity contribution >= 4 is 16.1 Å². The first-order valence-corrected chi connectivity index (χ1v) is 10.4. The van der Waals surface area contributed by atoms with Crippen LogP contribution in [-0.2, 0) is 23.1 Å². The minimum absolute atomic E-state index is 0.138. The zero-order valence-electron chi connectivity index (χ0n) is 15.6. The molecule has 2 amide bonds. The molecule has 0 aliphatic heterocycles. The van der Waals surface area contributed by atoms with Gasteiger partial charge in [0.05, 0.1) is 4.90 Å². The standard InChI is InChI=1S/C20H25N3O3S/c1-23(2)27(25,26)19-10-6-4-8-17(19)14-22-20(24)21-13-16-7-3-5-9-18(16)15-11-12-15/h3-10,15H,11-14H2,1-2H3,(H2,21,22,24). The molecule has 0 atom stereocenters. The minimum Gasteiger partial charge on any atom is -0.334 e. The summed E-state index contributed by atoms with van der Waals surface area (Å²) in [5, 5.41) is 5.62. The first kappa shape index (κ1) is 19.4. The number of urea groups is 1. The minimum atomic E-state index is -3.56. The summed E-state index contributed by atoms with van der Waals surface area (Å²) in [6.07, 6.45) is 2.42. The van der Waals surface area contributed by atoms with Crippen molar-refractivity contribution in [2.24, 2.45) is 0 Å². The van der Waals surface area contributed by atoms with Gasteiger partial charge in [-0.3, -0.25) is 0 Å². The van der Waals surface area contributed by atoms with Crippen LogP contribution in [0.1, 0.15) is 35.4 Å². The van der Waals surface area contributed by atoms with Crippen LogP contribution in [0.2, 0.25) is 0 Å². The largest absolute Gasteiger partial charge is 0.334 e. The second-order valence-electron chi connectivity index (χ2n) is 6.90. The fourth-order valence-electron chi connectivity index (χ4n) is 3.00. The van der Waals surface area contributed by atoms with Gasteiger partial charge in [-0.05, 0) is 41.5 Å². The smallest absolute Gasteiger partial charge is 0.315 e. The van der Waals surface area contributed by atoms with Crippen LogP contribution in [0, 0.1) is 0 Å². The highest BCUT2D eigenvalue weighted by Gasteiger charge is 2.25. The molecule has 0 radical (unpaired) electrons. The molecule has 6 nitrogen and oxygen atoms in total. The third kappa shape index (κ3) is 4.67. The summed E-state index contributed by atoms with van der Waals surface area (Å²) < 4.78 is 26.0. The van der Waals surface area contributed by atoms with Crippen molar-refractivity contribution in [3.63, 3.8) is 0 Å². The Morgan fingerprint density at radius 2 is 1.52 bits per heavy atom. The first-order valence-electron chi connectivity index (χ1n) is 8.99. The maximum absolute atomic E-state index is 12.4. The Hall–Kier alpha value is -2.38. The third-order valence-electron chi connectivity index (χ3n) is 4.68. The topological polar surface area (TPSA) is 78.5 Å². The van der Waals surface area contributed by atoms with E-state index in [2.05, 4.69) is 16.7 Å². The van der Waals surface area contributed by atoms with Crippen molar-refractivity contribution < 1.29 is 13.2 Å². The molecule has 0 spiro atoms. The summed E-state index contributed by atoms with van der Waals surface area (Å²) in [6, 6.07) is 14.5. The zero-order valence-corrected chi connectivity index (χ0v) is 16.4. The highest BCUT2D eigenvalue weighted by atomic mass is 32.2. The molecule has 144 valence electrons. The van der Waals surface area contributed by atoms with Crippen LogP contribution in [0.5, 0.6) is 0 Å². The SMILES string of the molecule is CN(C)S(=O)(=O)c1ccccc1CNC(=O)NCc1ccccc1C1CC1. The van der Waals surface area contributed by atoms with Crippen LogP contribution in [0.25, 0.3) is 0 Å². The average molecular weight is 388 g/mol. The third-order valence-corrected chi connectivity index (χ3v) is 6.60. The summed E-state index contributed by atoms with van der Waals surface area (Å²) in [5.41, 5.74) is 2.99. The van der Waals surface area contributed by atoms with E-state index in [1.165, 1.54) is 36.8 Å². The highest BCUT2D eigenvalue weighted by molar-refractivity contribution is 7.89. The van der Waals surface area contributed by atoms with Crippen molar-refractivity contribution in [3.05, 3.63) is 65.2 Å². The normalized spacial score (nSPS) is 14.2. The number of hydrogen-bond donors (Lipinski definition) is 2. The van der Waals surface area contributed by atoms with Gasteiger partial charge in [0.25, 0.3) is 0 Å². The Kier molecular flexibility index (Phi) is 5.82. The highest BCUT2D eigenvalue weighted by Crippen LogP contribution is 2.41. The van der Waals surface area contributed by atoms with Crippen molar-refractivity contribution in [2.45, 2.75) is 36.7 Å². The number of benzene rings is 2.